The normalized spacial score (nSPS) is 29.1. The second kappa shape index (κ2) is 6.80. The predicted octanol–water partition coefficient (Wildman–Crippen LogP) is 6.23. The predicted molar refractivity (Wildman–Crippen MR) is 105 cm³/mol. The third-order valence-corrected chi connectivity index (χ3v) is 7.06. The number of hydrogen-bond acceptors (Lipinski definition) is 3. The lowest BCUT2D eigenvalue weighted by molar-refractivity contribution is -0.274. The molecule has 5 rings (SSSR count). The van der Waals surface area contributed by atoms with Crippen molar-refractivity contribution in [1.82, 2.24) is 0 Å². The third kappa shape index (κ3) is 3.20. The summed E-state index contributed by atoms with van der Waals surface area (Å²) in [4.78, 5) is 11.9. The lowest BCUT2D eigenvalue weighted by Crippen LogP contribution is -2.36. The molecule has 0 amide bonds. The van der Waals surface area contributed by atoms with Crippen LogP contribution in [0.2, 0.25) is 5.02 Å². The molecule has 2 bridgehead atoms. The molecule has 5 atom stereocenters. The van der Waals surface area contributed by atoms with Crippen molar-refractivity contribution in [1.29, 1.82) is 0 Å². The van der Waals surface area contributed by atoms with Gasteiger partial charge in [-0.25, -0.2) is 4.79 Å². The minimum atomic E-state index is -4.77. The van der Waals surface area contributed by atoms with E-state index in [4.69, 9.17) is 11.6 Å². The van der Waals surface area contributed by atoms with Gasteiger partial charge in [-0.2, -0.15) is 0 Å². The van der Waals surface area contributed by atoms with Crippen LogP contribution in [0.4, 0.5) is 18.9 Å². The maximum absolute atomic E-state index is 12.7. The molecule has 3 aliphatic rings. The lowest BCUT2D eigenvalue weighted by atomic mass is 9.67. The Balaban J connectivity index is 1.62. The summed E-state index contributed by atoms with van der Waals surface area (Å²) in [7, 11) is 0. The molecule has 2 aliphatic carbocycles. The van der Waals surface area contributed by atoms with E-state index in [1.807, 2.05) is 6.07 Å². The van der Waals surface area contributed by atoms with Gasteiger partial charge in [0, 0.05) is 5.02 Å². The van der Waals surface area contributed by atoms with Crippen LogP contribution < -0.4 is 10.1 Å². The molecule has 2 aromatic carbocycles. The Hall–Kier alpha value is -2.41. The minimum absolute atomic E-state index is 0.0893. The Bertz CT molecular complexity index is 1030. The molecule has 158 valence electrons. The largest absolute Gasteiger partial charge is 0.573 e. The van der Waals surface area contributed by atoms with E-state index < -0.39 is 12.3 Å². The lowest BCUT2D eigenvalue weighted by Gasteiger charge is -2.44. The Kier molecular flexibility index (Phi) is 4.43. The average Bonchev–Trinajstić information content (AvgIpc) is 3.28. The highest BCUT2D eigenvalue weighted by Crippen LogP contribution is 2.64. The van der Waals surface area contributed by atoms with E-state index in [1.165, 1.54) is 24.3 Å². The Morgan fingerprint density at radius 3 is 2.67 bits per heavy atom. The molecule has 2 N–H and O–H groups in total. The van der Waals surface area contributed by atoms with Crippen LogP contribution in [-0.2, 0) is 0 Å². The maximum atomic E-state index is 12.7. The highest BCUT2D eigenvalue weighted by Gasteiger charge is 2.54. The summed E-state index contributed by atoms with van der Waals surface area (Å²) in [6.07, 6.45) is -1.58. The fraction of sp³-hybridized carbons (Fsp3) is 0.409. The molecular formula is C22H19ClF3NO3. The van der Waals surface area contributed by atoms with E-state index in [2.05, 4.69) is 10.1 Å². The quantitative estimate of drug-likeness (QED) is 0.597. The molecular weight excluding hydrogens is 419 g/mol. The van der Waals surface area contributed by atoms with Gasteiger partial charge in [0.15, 0.2) is 0 Å². The van der Waals surface area contributed by atoms with Gasteiger partial charge >= 0.3 is 12.3 Å². The molecule has 0 spiro atoms. The number of rotatable bonds is 3. The highest BCUT2D eigenvalue weighted by atomic mass is 35.5. The van der Waals surface area contributed by atoms with Gasteiger partial charge in [-0.1, -0.05) is 23.7 Å². The Labute approximate surface area is 176 Å². The van der Waals surface area contributed by atoms with Gasteiger partial charge in [-0.05, 0) is 78.3 Å². The molecule has 0 saturated heterocycles. The zero-order chi connectivity index (χ0) is 21.2. The summed E-state index contributed by atoms with van der Waals surface area (Å²) in [5.41, 5.74) is 2.19. The van der Waals surface area contributed by atoms with Gasteiger partial charge in [0.05, 0.1) is 17.3 Å². The smallest absolute Gasteiger partial charge is 0.478 e. The summed E-state index contributed by atoms with van der Waals surface area (Å²) in [6.45, 7) is 0. The molecule has 0 unspecified atom stereocenters. The molecule has 8 heteroatoms. The van der Waals surface area contributed by atoms with E-state index in [1.54, 1.807) is 6.07 Å². The number of ether oxygens (including phenoxy) is 1. The van der Waals surface area contributed by atoms with Crippen LogP contribution in [0.25, 0.3) is 0 Å². The van der Waals surface area contributed by atoms with Crippen molar-refractivity contribution in [3.63, 3.8) is 0 Å². The summed E-state index contributed by atoms with van der Waals surface area (Å²) in [6, 6.07) is 8.94. The zero-order valence-corrected chi connectivity index (χ0v) is 16.5. The second-order valence-electron chi connectivity index (χ2n) is 8.40. The fourth-order valence-corrected chi connectivity index (χ4v) is 6.19. The molecule has 4 nitrogen and oxygen atoms in total. The first-order chi connectivity index (χ1) is 14.2. The first kappa shape index (κ1) is 19.5. The van der Waals surface area contributed by atoms with Crippen LogP contribution in [0.15, 0.2) is 36.4 Å². The second-order valence-corrected chi connectivity index (χ2v) is 8.84. The van der Waals surface area contributed by atoms with Crippen molar-refractivity contribution in [2.75, 3.05) is 5.32 Å². The van der Waals surface area contributed by atoms with E-state index in [0.29, 0.717) is 28.1 Å². The first-order valence-corrected chi connectivity index (χ1v) is 10.3. The van der Waals surface area contributed by atoms with E-state index in [0.717, 1.165) is 24.8 Å². The molecule has 2 fully saturated rings. The zero-order valence-electron chi connectivity index (χ0n) is 15.7. The van der Waals surface area contributed by atoms with E-state index >= 15 is 0 Å². The number of halogens is 4. The number of nitrogens with one attached hydrogen (secondary N) is 1. The van der Waals surface area contributed by atoms with Crippen molar-refractivity contribution >= 4 is 23.3 Å². The first-order valence-electron chi connectivity index (χ1n) is 9.90. The van der Waals surface area contributed by atoms with Crippen LogP contribution >= 0.6 is 11.6 Å². The van der Waals surface area contributed by atoms with Crippen LogP contribution in [0.1, 0.15) is 52.7 Å². The van der Waals surface area contributed by atoms with Crippen molar-refractivity contribution < 1.29 is 27.8 Å². The number of carbonyl (C=O) groups is 1. The van der Waals surface area contributed by atoms with Gasteiger partial charge in [0.1, 0.15) is 5.75 Å². The van der Waals surface area contributed by atoms with Gasteiger partial charge < -0.3 is 15.2 Å². The molecule has 30 heavy (non-hydrogen) atoms. The summed E-state index contributed by atoms with van der Waals surface area (Å²) in [5.74, 6) is -0.202. The number of hydrogen-bond donors (Lipinski definition) is 2. The van der Waals surface area contributed by atoms with Gasteiger partial charge in [-0.3, -0.25) is 0 Å². The number of carboxylic acids is 1. The molecule has 1 heterocycles. The van der Waals surface area contributed by atoms with Gasteiger partial charge in [-0.15, -0.1) is 13.2 Å². The molecule has 2 saturated carbocycles. The summed E-state index contributed by atoms with van der Waals surface area (Å²) < 4.78 is 42.3. The monoisotopic (exact) mass is 437 g/mol. The Morgan fingerprint density at radius 1 is 1.17 bits per heavy atom. The topological polar surface area (TPSA) is 58.6 Å². The number of anilines is 1. The van der Waals surface area contributed by atoms with Crippen LogP contribution in [-0.4, -0.2) is 17.4 Å². The average molecular weight is 438 g/mol. The summed E-state index contributed by atoms with van der Waals surface area (Å²) >= 11 is 6.24. The summed E-state index contributed by atoms with van der Waals surface area (Å²) in [5, 5.41) is 13.5. The van der Waals surface area contributed by atoms with Crippen molar-refractivity contribution in [3.05, 3.63) is 58.1 Å². The van der Waals surface area contributed by atoms with Crippen LogP contribution in [0.3, 0.4) is 0 Å². The number of carboxylic acid groups (broad SMARTS) is 1. The number of alkyl halides is 3. The number of fused-ring (bicyclic) bond motifs is 7. The number of aromatic carboxylic acids is 1. The Morgan fingerprint density at radius 2 is 1.93 bits per heavy atom. The van der Waals surface area contributed by atoms with Crippen LogP contribution in [0, 0.1) is 17.8 Å². The van der Waals surface area contributed by atoms with Gasteiger partial charge in [0.2, 0.25) is 0 Å². The van der Waals surface area contributed by atoms with Gasteiger partial charge in [0.25, 0.3) is 0 Å². The van der Waals surface area contributed by atoms with Crippen molar-refractivity contribution in [2.45, 2.75) is 37.6 Å². The standard InChI is InChI=1S/C22H19ClF3NO3/c23-13-8-15-17-10-4-5-11(6-10)18(17)19(27-20(15)16(9-13)21(28)29)12-2-1-3-14(7-12)30-22(24,25)26/h1-3,7-11,17-19,27H,4-6H2,(H,28,29)/t10-,11+,17+,18-,19+/m0/s1. The maximum Gasteiger partial charge on any atom is 0.573 e. The molecule has 2 aromatic rings. The highest BCUT2D eigenvalue weighted by molar-refractivity contribution is 6.31. The van der Waals surface area contributed by atoms with E-state index in [9.17, 15) is 23.1 Å². The van der Waals surface area contributed by atoms with Crippen molar-refractivity contribution in [3.8, 4) is 5.75 Å². The van der Waals surface area contributed by atoms with Crippen LogP contribution in [0.5, 0.6) is 5.75 Å². The minimum Gasteiger partial charge on any atom is -0.478 e. The third-order valence-electron chi connectivity index (χ3n) is 6.84. The fourth-order valence-electron chi connectivity index (χ4n) is 5.96. The SMILES string of the molecule is O=C(O)c1cc(Cl)cc2c1N[C@H](c1cccc(OC(F)(F)F)c1)[C@H]1[C@@H]3CC[C@@H](C3)[C@H]21. The molecule has 1 aliphatic heterocycles. The molecule has 0 radical (unpaired) electrons. The van der Waals surface area contributed by atoms with E-state index in [-0.39, 0.29) is 29.2 Å². The molecule has 0 aromatic heterocycles. The number of benzene rings is 2. The van der Waals surface area contributed by atoms with Crippen molar-refractivity contribution in [2.24, 2.45) is 17.8 Å².